The number of thiazole rings is 1. The number of carbonyl (C=O) groups excluding carboxylic acids is 1. The van der Waals surface area contributed by atoms with Crippen molar-refractivity contribution in [2.24, 2.45) is 0 Å². The Morgan fingerprint density at radius 2 is 2.27 bits per heavy atom. The third-order valence-corrected chi connectivity index (χ3v) is 3.73. The fourth-order valence-corrected chi connectivity index (χ4v) is 2.67. The van der Waals surface area contributed by atoms with Gasteiger partial charge < -0.3 is 10.0 Å². The van der Waals surface area contributed by atoms with Gasteiger partial charge in [-0.2, -0.15) is 0 Å². The number of β-amino-alcohol motifs (C(OH)–C–C–N with tert-alkyl or cyclic N) is 1. The minimum atomic E-state index is -0.328. The van der Waals surface area contributed by atoms with E-state index in [1.807, 2.05) is 0 Å². The molecule has 2 aliphatic rings. The molecule has 2 heterocycles. The zero-order valence-corrected chi connectivity index (χ0v) is 9.04. The predicted molar refractivity (Wildman–Crippen MR) is 56.0 cm³/mol. The van der Waals surface area contributed by atoms with Crippen molar-refractivity contribution in [3.05, 3.63) is 16.1 Å². The maximum Gasteiger partial charge on any atom is 0.266 e. The molecule has 0 unspecified atom stereocenters. The average Bonchev–Trinajstić information content (AvgIpc) is 2.91. The van der Waals surface area contributed by atoms with E-state index in [1.54, 1.807) is 10.4 Å². The van der Waals surface area contributed by atoms with Crippen LogP contribution < -0.4 is 0 Å². The third-order valence-electron chi connectivity index (χ3n) is 2.90. The topological polar surface area (TPSA) is 53.4 Å². The van der Waals surface area contributed by atoms with E-state index in [0.717, 1.165) is 23.4 Å². The Kier molecular flexibility index (Phi) is 2.03. The van der Waals surface area contributed by atoms with Gasteiger partial charge in [-0.05, 0) is 12.8 Å². The first-order valence-electron chi connectivity index (χ1n) is 5.16. The van der Waals surface area contributed by atoms with Crippen LogP contribution in [0.1, 0.15) is 34.1 Å². The van der Waals surface area contributed by atoms with Gasteiger partial charge in [0.1, 0.15) is 4.88 Å². The lowest BCUT2D eigenvalue weighted by Gasteiger charge is -2.35. The lowest BCUT2D eigenvalue weighted by molar-refractivity contribution is 0.00613. The van der Waals surface area contributed by atoms with Crippen LogP contribution in [-0.4, -0.2) is 40.1 Å². The second-order valence-corrected chi connectivity index (χ2v) is 5.06. The van der Waals surface area contributed by atoms with Gasteiger partial charge in [0.15, 0.2) is 0 Å². The van der Waals surface area contributed by atoms with E-state index in [4.69, 9.17) is 5.11 Å². The Balaban J connectivity index is 1.79. The molecule has 4 nitrogen and oxygen atoms in total. The fraction of sp³-hybridized carbons (Fsp3) is 0.600. The van der Waals surface area contributed by atoms with Gasteiger partial charge in [0.25, 0.3) is 5.91 Å². The van der Waals surface area contributed by atoms with Gasteiger partial charge in [0.05, 0.1) is 17.3 Å². The van der Waals surface area contributed by atoms with Crippen molar-refractivity contribution < 1.29 is 9.90 Å². The van der Waals surface area contributed by atoms with Crippen LogP contribution in [0.4, 0.5) is 0 Å². The lowest BCUT2D eigenvalue weighted by atomic mass is 10.1. The number of rotatable bonds is 2. The molecule has 0 atom stereocenters. The lowest BCUT2D eigenvalue weighted by Crippen LogP contribution is -2.53. The molecule has 2 fully saturated rings. The van der Waals surface area contributed by atoms with Crippen molar-refractivity contribution in [2.75, 3.05) is 13.1 Å². The van der Waals surface area contributed by atoms with Gasteiger partial charge in [-0.1, -0.05) is 0 Å². The number of aliphatic hydroxyl groups excluding tert-OH is 1. The number of aromatic nitrogens is 1. The van der Waals surface area contributed by atoms with Crippen LogP contribution >= 0.6 is 11.3 Å². The van der Waals surface area contributed by atoms with Crippen LogP contribution in [0.2, 0.25) is 0 Å². The van der Waals surface area contributed by atoms with Crippen molar-refractivity contribution in [1.29, 1.82) is 0 Å². The van der Waals surface area contributed by atoms with Gasteiger partial charge in [0.2, 0.25) is 0 Å². The minimum absolute atomic E-state index is 0.0460. The Hall–Kier alpha value is -0.940. The highest BCUT2D eigenvalue weighted by molar-refractivity contribution is 7.11. The van der Waals surface area contributed by atoms with E-state index in [0.29, 0.717) is 19.0 Å². The average molecular weight is 224 g/mol. The first-order chi connectivity index (χ1) is 7.25. The summed E-state index contributed by atoms with van der Waals surface area (Å²) in [5.41, 5.74) is 2.73. The fourth-order valence-electron chi connectivity index (χ4n) is 1.83. The van der Waals surface area contributed by atoms with Crippen molar-refractivity contribution in [2.45, 2.75) is 24.9 Å². The molecular formula is C10H12N2O2S. The standard InChI is InChI=1S/C10H12N2O2S/c13-7-3-12(4-7)10(14)9-8(6-1-2-6)11-5-15-9/h5-7,13H,1-4H2. The van der Waals surface area contributed by atoms with E-state index in [1.165, 1.54) is 11.3 Å². The molecule has 1 aromatic rings. The molecule has 1 aliphatic carbocycles. The third kappa shape index (κ3) is 1.55. The molecule has 1 aliphatic heterocycles. The van der Waals surface area contributed by atoms with Crippen LogP contribution in [0.15, 0.2) is 5.51 Å². The minimum Gasteiger partial charge on any atom is -0.389 e. The normalized spacial score (nSPS) is 21.5. The molecule has 1 aromatic heterocycles. The molecule has 0 bridgehead atoms. The zero-order valence-electron chi connectivity index (χ0n) is 8.22. The first kappa shape index (κ1) is 9.30. The molecule has 1 amide bonds. The second-order valence-electron chi connectivity index (χ2n) is 4.20. The smallest absolute Gasteiger partial charge is 0.266 e. The molecule has 5 heteroatoms. The molecule has 0 aromatic carbocycles. The molecule has 80 valence electrons. The van der Waals surface area contributed by atoms with E-state index >= 15 is 0 Å². The SMILES string of the molecule is O=C(c1scnc1C1CC1)N1CC(O)C1. The largest absolute Gasteiger partial charge is 0.389 e. The Morgan fingerprint density at radius 1 is 1.53 bits per heavy atom. The van der Waals surface area contributed by atoms with E-state index in [9.17, 15) is 4.79 Å². The molecule has 1 N–H and O–H groups in total. The molecule has 15 heavy (non-hydrogen) atoms. The monoisotopic (exact) mass is 224 g/mol. The second kappa shape index (κ2) is 3.28. The number of hydrogen-bond donors (Lipinski definition) is 1. The predicted octanol–water partition coefficient (Wildman–Crippen LogP) is 0.837. The van der Waals surface area contributed by atoms with Crippen LogP contribution in [0.3, 0.4) is 0 Å². The molecule has 0 radical (unpaired) electrons. The molecule has 0 spiro atoms. The number of aliphatic hydroxyl groups is 1. The molecule has 1 saturated carbocycles. The maximum absolute atomic E-state index is 12.0. The molecular weight excluding hydrogens is 212 g/mol. The van der Waals surface area contributed by atoms with E-state index < -0.39 is 0 Å². The summed E-state index contributed by atoms with van der Waals surface area (Å²) in [6, 6.07) is 0. The molecule has 1 saturated heterocycles. The number of carbonyl (C=O) groups is 1. The summed E-state index contributed by atoms with van der Waals surface area (Å²) in [5, 5.41) is 9.15. The van der Waals surface area contributed by atoms with Crippen molar-refractivity contribution in [3.8, 4) is 0 Å². The Morgan fingerprint density at radius 3 is 2.87 bits per heavy atom. The first-order valence-corrected chi connectivity index (χ1v) is 6.04. The highest BCUT2D eigenvalue weighted by Gasteiger charge is 2.35. The van der Waals surface area contributed by atoms with E-state index in [2.05, 4.69) is 4.98 Å². The van der Waals surface area contributed by atoms with Crippen LogP contribution in [0.25, 0.3) is 0 Å². The maximum atomic E-state index is 12.0. The number of nitrogens with zero attached hydrogens (tertiary/aromatic N) is 2. The summed E-state index contributed by atoms with van der Waals surface area (Å²) < 4.78 is 0. The van der Waals surface area contributed by atoms with Crippen LogP contribution in [0.5, 0.6) is 0 Å². The Labute approximate surface area is 91.5 Å². The number of amides is 1. The number of hydrogen-bond acceptors (Lipinski definition) is 4. The van der Waals surface area contributed by atoms with Gasteiger partial charge >= 0.3 is 0 Å². The summed E-state index contributed by atoms with van der Waals surface area (Å²) in [7, 11) is 0. The zero-order chi connectivity index (χ0) is 10.4. The van der Waals surface area contributed by atoms with Gasteiger partial charge in [0, 0.05) is 19.0 Å². The van der Waals surface area contributed by atoms with Gasteiger partial charge in [-0.25, -0.2) is 4.98 Å². The summed E-state index contributed by atoms with van der Waals surface area (Å²) in [4.78, 5) is 18.7. The quantitative estimate of drug-likeness (QED) is 0.809. The molecule has 3 rings (SSSR count). The summed E-state index contributed by atoms with van der Waals surface area (Å²) in [6.07, 6.45) is 1.99. The van der Waals surface area contributed by atoms with Crippen molar-refractivity contribution >= 4 is 17.2 Å². The van der Waals surface area contributed by atoms with Crippen molar-refractivity contribution in [1.82, 2.24) is 9.88 Å². The van der Waals surface area contributed by atoms with Crippen molar-refractivity contribution in [3.63, 3.8) is 0 Å². The van der Waals surface area contributed by atoms with Gasteiger partial charge in [-0.15, -0.1) is 11.3 Å². The summed E-state index contributed by atoms with van der Waals surface area (Å²) in [6.45, 7) is 0.946. The number of likely N-dealkylation sites (tertiary alicyclic amines) is 1. The van der Waals surface area contributed by atoms with Crippen LogP contribution in [0, 0.1) is 0 Å². The highest BCUT2D eigenvalue weighted by Crippen LogP contribution is 2.42. The highest BCUT2D eigenvalue weighted by atomic mass is 32.1. The summed E-state index contributed by atoms with van der Waals surface area (Å²) >= 11 is 1.42. The van der Waals surface area contributed by atoms with Gasteiger partial charge in [-0.3, -0.25) is 4.79 Å². The van der Waals surface area contributed by atoms with E-state index in [-0.39, 0.29) is 12.0 Å². The van der Waals surface area contributed by atoms with Crippen LogP contribution in [-0.2, 0) is 0 Å². The summed E-state index contributed by atoms with van der Waals surface area (Å²) in [5.74, 6) is 0.561. The Bertz CT molecular complexity index is 394.